The Kier molecular flexibility index (Phi) is 1.89. The molecule has 0 atom stereocenters. The number of nitrogens with one attached hydrogen (secondary N) is 2. The van der Waals surface area contributed by atoms with Crippen molar-refractivity contribution in [3.63, 3.8) is 0 Å². The lowest BCUT2D eigenvalue weighted by molar-refractivity contribution is 0.0691. The normalized spacial score (nSPS) is 11.1. The Labute approximate surface area is 96.0 Å². The van der Waals surface area contributed by atoms with E-state index in [1.807, 2.05) is 12.1 Å². The number of aromatic amines is 2. The highest BCUT2D eigenvalue weighted by Crippen LogP contribution is 2.32. The van der Waals surface area contributed by atoms with Gasteiger partial charge in [0.15, 0.2) is 0 Å². The lowest BCUT2D eigenvalue weighted by Gasteiger charge is -2.02. The van der Waals surface area contributed by atoms with Gasteiger partial charge in [0.05, 0.1) is 18.1 Å². The Morgan fingerprint density at radius 3 is 2.88 bits per heavy atom. The van der Waals surface area contributed by atoms with E-state index in [2.05, 4.69) is 9.97 Å². The van der Waals surface area contributed by atoms with Gasteiger partial charge in [-0.05, 0) is 18.2 Å². The van der Waals surface area contributed by atoms with Crippen LogP contribution in [0.25, 0.3) is 21.8 Å². The number of hydrogen-bond donors (Lipinski definition) is 3. The van der Waals surface area contributed by atoms with Gasteiger partial charge < -0.3 is 19.8 Å². The van der Waals surface area contributed by atoms with Crippen LogP contribution in [0, 0.1) is 0 Å². The van der Waals surface area contributed by atoms with Crippen molar-refractivity contribution in [2.45, 2.75) is 0 Å². The lowest BCUT2D eigenvalue weighted by Crippen LogP contribution is -1.94. The van der Waals surface area contributed by atoms with Crippen molar-refractivity contribution in [2.75, 3.05) is 7.11 Å². The van der Waals surface area contributed by atoms with Gasteiger partial charge in [-0.3, -0.25) is 0 Å². The predicted molar refractivity (Wildman–Crippen MR) is 63.7 cm³/mol. The number of benzene rings is 1. The molecule has 0 radical (unpaired) electrons. The highest BCUT2D eigenvalue weighted by molar-refractivity contribution is 6.09. The van der Waals surface area contributed by atoms with Gasteiger partial charge in [0.2, 0.25) is 0 Å². The van der Waals surface area contributed by atoms with Gasteiger partial charge in [-0.2, -0.15) is 0 Å². The molecule has 0 saturated heterocycles. The van der Waals surface area contributed by atoms with Crippen LogP contribution in [0.4, 0.5) is 0 Å². The molecule has 0 aliphatic rings. The number of carboxylic acids is 1. The first-order valence-electron chi connectivity index (χ1n) is 5.11. The minimum absolute atomic E-state index is 0.171. The van der Waals surface area contributed by atoms with Crippen LogP contribution in [0.2, 0.25) is 0 Å². The molecule has 3 N–H and O–H groups in total. The quantitative estimate of drug-likeness (QED) is 0.632. The van der Waals surface area contributed by atoms with Gasteiger partial charge in [-0.1, -0.05) is 0 Å². The van der Waals surface area contributed by atoms with Crippen molar-refractivity contribution >= 4 is 27.8 Å². The van der Waals surface area contributed by atoms with Crippen LogP contribution < -0.4 is 4.74 Å². The summed E-state index contributed by atoms with van der Waals surface area (Å²) in [5.74, 6) is -0.246. The van der Waals surface area contributed by atoms with Crippen LogP contribution >= 0.6 is 0 Å². The molecule has 86 valence electrons. The number of aromatic nitrogens is 2. The van der Waals surface area contributed by atoms with E-state index >= 15 is 0 Å². The second-order valence-corrected chi connectivity index (χ2v) is 3.80. The van der Waals surface area contributed by atoms with E-state index in [4.69, 9.17) is 9.84 Å². The summed E-state index contributed by atoms with van der Waals surface area (Å²) in [6.07, 6.45) is 1.80. The summed E-state index contributed by atoms with van der Waals surface area (Å²) < 4.78 is 5.28. The number of ether oxygens (including phenoxy) is 1. The fourth-order valence-electron chi connectivity index (χ4n) is 2.08. The smallest absolute Gasteiger partial charge is 0.352 e. The van der Waals surface area contributed by atoms with Crippen molar-refractivity contribution < 1.29 is 14.6 Å². The summed E-state index contributed by atoms with van der Waals surface area (Å²) in [6.45, 7) is 0. The molecule has 0 unspecified atom stereocenters. The maximum absolute atomic E-state index is 10.9. The number of carbonyl (C=O) groups is 1. The first-order chi connectivity index (χ1) is 8.20. The van der Waals surface area contributed by atoms with Crippen LogP contribution in [-0.2, 0) is 0 Å². The van der Waals surface area contributed by atoms with Crippen molar-refractivity contribution in [2.24, 2.45) is 0 Å². The predicted octanol–water partition coefficient (Wildman–Crippen LogP) is 2.36. The number of H-pyrrole nitrogens is 2. The Bertz CT molecular complexity index is 724. The van der Waals surface area contributed by atoms with E-state index in [9.17, 15) is 4.79 Å². The van der Waals surface area contributed by atoms with Crippen LogP contribution in [-0.4, -0.2) is 28.2 Å². The van der Waals surface area contributed by atoms with Crippen LogP contribution in [0.1, 0.15) is 10.5 Å². The molecule has 0 aliphatic carbocycles. The van der Waals surface area contributed by atoms with E-state index in [1.165, 1.54) is 0 Å². The van der Waals surface area contributed by atoms with Gasteiger partial charge in [-0.15, -0.1) is 0 Å². The largest absolute Gasteiger partial charge is 0.496 e. The molecule has 5 nitrogen and oxygen atoms in total. The van der Waals surface area contributed by atoms with Gasteiger partial charge in [-0.25, -0.2) is 4.79 Å². The Hall–Kier alpha value is -2.43. The van der Waals surface area contributed by atoms with Crippen molar-refractivity contribution in [1.29, 1.82) is 0 Å². The van der Waals surface area contributed by atoms with E-state index in [1.54, 1.807) is 19.4 Å². The number of carboxylic acid groups (broad SMARTS) is 1. The molecule has 0 aliphatic heterocycles. The summed E-state index contributed by atoms with van der Waals surface area (Å²) in [4.78, 5) is 16.9. The molecule has 0 amide bonds. The molecule has 5 heteroatoms. The minimum atomic E-state index is -0.972. The lowest BCUT2D eigenvalue weighted by atomic mass is 10.1. The third kappa shape index (κ3) is 1.29. The fourth-order valence-corrected chi connectivity index (χ4v) is 2.08. The molecular weight excluding hydrogens is 220 g/mol. The Balaban J connectivity index is 2.45. The number of methoxy groups -OCH3 is 1. The van der Waals surface area contributed by atoms with Gasteiger partial charge in [0, 0.05) is 17.0 Å². The first kappa shape index (κ1) is 9.77. The zero-order valence-corrected chi connectivity index (χ0v) is 9.07. The molecule has 2 heterocycles. The topological polar surface area (TPSA) is 78.1 Å². The fraction of sp³-hybridized carbons (Fsp3) is 0.0833. The van der Waals surface area contributed by atoms with Crippen LogP contribution in [0.5, 0.6) is 5.75 Å². The van der Waals surface area contributed by atoms with E-state index in [-0.39, 0.29) is 5.69 Å². The van der Waals surface area contributed by atoms with Crippen LogP contribution in [0.3, 0.4) is 0 Å². The highest BCUT2D eigenvalue weighted by Gasteiger charge is 2.13. The number of rotatable bonds is 2. The standard InChI is InChI=1S/C12H10N2O3/c1-17-9-5-6-4-8(12(15)16)14-10(6)11-7(9)2-3-13-11/h2-5,13-14H,1H3,(H,15,16). The molecule has 0 saturated carbocycles. The average Bonchev–Trinajstić information content (AvgIpc) is 2.93. The van der Waals surface area contributed by atoms with Gasteiger partial charge in [0.25, 0.3) is 0 Å². The summed E-state index contributed by atoms with van der Waals surface area (Å²) >= 11 is 0. The molecule has 0 fully saturated rings. The molecule has 3 aromatic rings. The summed E-state index contributed by atoms with van der Waals surface area (Å²) in [5.41, 5.74) is 1.80. The average molecular weight is 230 g/mol. The number of fused-ring (bicyclic) bond motifs is 3. The zero-order valence-electron chi connectivity index (χ0n) is 9.07. The third-order valence-corrected chi connectivity index (χ3v) is 2.85. The molecule has 17 heavy (non-hydrogen) atoms. The number of aromatic carboxylic acids is 1. The van der Waals surface area contributed by atoms with Gasteiger partial charge >= 0.3 is 5.97 Å². The molecule has 3 rings (SSSR count). The molecular formula is C12H10N2O3. The minimum Gasteiger partial charge on any atom is -0.496 e. The summed E-state index contributed by atoms with van der Waals surface area (Å²) in [5, 5.41) is 10.7. The second-order valence-electron chi connectivity index (χ2n) is 3.80. The molecule has 2 aromatic heterocycles. The SMILES string of the molecule is COc1cc2cc(C(=O)O)[nH]c2c2[nH]ccc12. The van der Waals surface area contributed by atoms with E-state index < -0.39 is 5.97 Å². The van der Waals surface area contributed by atoms with Crippen molar-refractivity contribution in [3.8, 4) is 5.75 Å². The second kappa shape index (κ2) is 3.28. The molecule has 0 spiro atoms. The van der Waals surface area contributed by atoms with E-state index in [0.29, 0.717) is 0 Å². The van der Waals surface area contributed by atoms with Crippen molar-refractivity contribution in [3.05, 3.63) is 30.1 Å². The first-order valence-corrected chi connectivity index (χ1v) is 5.11. The van der Waals surface area contributed by atoms with E-state index in [0.717, 1.165) is 27.6 Å². The highest BCUT2D eigenvalue weighted by atomic mass is 16.5. The Morgan fingerprint density at radius 1 is 1.35 bits per heavy atom. The number of hydrogen-bond acceptors (Lipinski definition) is 2. The molecule has 1 aromatic carbocycles. The van der Waals surface area contributed by atoms with Crippen molar-refractivity contribution in [1.82, 2.24) is 9.97 Å². The van der Waals surface area contributed by atoms with Crippen LogP contribution in [0.15, 0.2) is 24.4 Å². The summed E-state index contributed by atoms with van der Waals surface area (Å²) in [6, 6.07) is 5.32. The Morgan fingerprint density at radius 2 is 2.18 bits per heavy atom. The third-order valence-electron chi connectivity index (χ3n) is 2.85. The molecule has 0 bridgehead atoms. The summed E-state index contributed by atoms with van der Waals surface area (Å²) in [7, 11) is 1.60. The van der Waals surface area contributed by atoms with Gasteiger partial charge in [0.1, 0.15) is 11.4 Å². The zero-order chi connectivity index (χ0) is 12.0. The monoisotopic (exact) mass is 230 g/mol. The maximum Gasteiger partial charge on any atom is 0.352 e. The maximum atomic E-state index is 10.9.